The smallest absolute Gasteiger partial charge is 0.747 e. The maximum atomic E-state index is 13.3. The van der Waals surface area contributed by atoms with Crippen LogP contribution in [-0.2, 0) is 39.4 Å². The number of unbranched alkanes of at least 4 members (excludes halogenated alkanes) is 15. The van der Waals surface area contributed by atoms with Crippen LogP contribution in [0.2, 0.25) is 0 Å². The summed E-state index contributed by atoms with van der Waals surface area (Å²) in [4.78, 5) is 53.7. The average molecular weight is 904 g/mol. The summed E-state index contributed by atoms with van der Waals surface area (Å²) in [5, 5.41) is 36.3. The van der Waals surface area contributed by atoms with Crippen molar-refractivity contribution in [3.05, 3.63) is 0 Å². The topological polar surface area (TPSA) is 273 Å². The quantitative estimate of drug-likeness (QED) is 0.0286. The van der Waals surface area contributed by atoms with Crippen LogP contribution >= 0.6 is 0 Å². The molecule has 4 unspecified atom stereocenters. The van der Waals surface area contributed by atoms with Gasteiger partial charge in [0.05, 0.1) is 25.0 Å². The molecule has 59 heavy (non-hydrogen) atoms. The number of carbonyl (C=O) groups excluding carboxylic acids is 2. The maximum Gasteiger partial charge on any atom is 1.00 e. The molecule has 21 heteroatoms. The predicted octanol–water partition coefficient (Wildman–Crippen LogP) is -2.47. The van der Waals surface area contributed by atoms with Crippen molar-refractivity contribution in [3.8, 4) is 0 Å². The van der Waals surface area contributed by atoms with Gasteiger partial charge in [0.1, 0.15) is 20.2 Å². The Morgan fingerprint density at radius 2 is 0.746 bits per heavy atom. The fraction of sp³-hybridized carbons (Fsp3) is 0.895. The molecule has 0 rings (SSSR count). The zero-order chi connectivity index (χ0) is 43.4. The van der Waals surface area contributed by atoms with Crippen LogP contribution in [0.3, 0.4) is 0 Å². The molecule has 2 amide bonds. The van der Waals surface area contributed by atoms with Crippen molar-refractivity contribution < 1.29 is 125 Å². The van der Waals surface area contributed by atoms with Gasteiger partial charge in [0.15, 0.2) is 10.5 Å². The van der Waals surface area contributed by atoms with Crippen LogP contribution in [0.15, 0.2) is 0 Å². The van der Waals surface area contributed by atoms with Gasteiger partial charge in [-0.15, -0.1) is 0 Å². The van der Waals surface area contributed by atoms with Crippen molar-refractivity contribution in [1.29, 1.82) is 0 Å². The molecule has 0 aliphatic heterocycles. The van der Waals surface area contributed by atoms with Crippen LogP contribution in [0.4, 0.5) is 0 Å². The van der Waals surface area contributed by atoms with Crippen molar-refractivity contribution in [2.24, 2.45) is 0 Å². The number of amides is 2. The van der Waals surface area contributed by atoms with E-state index in [4.69, 9.17) is 0 Å². The third kappa shape index (κ3) is 31.1. The fourth-order valence-corrected chi connectivity index (χ4v) is 7.78. The first-order valence-electron chi connectivity index (χ1n) is 20.8. The standard InChI is InChI=1S/C38H73N3O14S2.2Na/c1-4-7-10-13-16-19-22-39(27-31(42)29-40(23-20-17-14-11-8-5-2)35(44)25-33(37(46)47)56(50,51)52)28-32(43)30-41(24-21-18-15-12-9-6-3)36(45)26-34(38(48)49)57(53,54)55;;/h31-34,42-43H,4-30H2,1-3H3,(H,46,47)(H,48,49)(H,50,51,52)(H,53,54,55);;/q;2*+1/p-2. The number of carbonyl (C=O) groups is 4. The van der Waals surface area contributed by atoms with Gasteiger partial charge in [-0.2, -0.15) is 0 Å². The van der Waals surface area contributed by atoms with E-state index in [-0.39, 0.29) is 98.4 Å². The minimum Gasteiger partial charge on any atom is -0.747 e. The molecule has 4 N–H and O–H groups in total. The van der Waals surface area contributed by atoms with E-state index in [1.165, 1.54) is 0 Å². The molecule has 0 bridgehead atoms. The Morgan fingerprint density at radius 3 is 1.02 bits per heavy atom. The number of aliphatic carboxylic acids is 2. The van der Waals surface area contributed by atoms with Gasteiger partial charge in [-0.3, -0.25) is 24.1 Å². The normalized spacial score (nSPS) is 13.8. The number of rotatable bonds is 37. The van der Waals surface area contributed by atoms with Crippen molar-refractivity contribution in [2.45, 2.75) is 172 Å². The number of nitrogens with zero attached hydrogens (tertiary/aromatic N) is 3. The van der Waals surface area contributed by atoms with Crippen LogP contribution in [0.5, 0.6) is 0 Å². The molecule has 0 spiro atoms. The second-order valence-electron chi connectivity index (χ2n) is 15.1. The van der Waals surface area contributed by atoms with Crippen LogP contribution in [0, 0.1) is 0 Å². The van der Waals surface area contributed by atoms with Crippen LogP contribution in [0.25, 0.3) is 0 Å². The number of carboxylic acid groups (broad SMARTS) is 2. The monoisotopic (exact) mass is 903 g/mol. The Labute approximate surface area is 397 Å². The second-order valence-corrected chi connectivity index (χ2v) is 18.2. The van der Waals surface area contributed by atoms with E-state index in [0.29, 0.717) is 25.8 Å². The summed E-state index contributed by atoms with van der Waals surface area (Å²) in [5.74, 6) is -5.73. The number of hydrogen-bond donors (Lipinski definition) is 4. The van der Waals surface area contributed by atoms with E-state index in [2.05, 4.69) is 20.8 Å². The zero-order valence-electron chi connectivity index (χ0n) is 36.4. The Kier molecular flexibility index (Phi) is 38.3. The zero-order valence-corrected chi connectivity index (χ0v) is 42.1. The summed E-state index contributed by atoms with van der Waals surface area (Å²) in [5.41, 5.74) is 0. The SMILES string of the molecule is CCCCCCCCN(CC(O)CN(CCCCCCCC)C(=O)CC(C(=O)O)S(=O)(=O)[O-])CC(O)CN(CCCCCCCC)C(=O)CC(C(=O)O)S(=O)(=O)[O-].[Na+].[Na+]. The fourth-order valence-electron chi connectivity index (χ4n) is 6.60. The van der Waals surface area contributed by atoms with Crippen LogP contribution in [0.1, 0.15) is 149 Å². The number of hydrogen-bond acceptors (Lipinski definition) is 13. The predicted molar refractivity (Wildman–Crippen MR) is 213 cm³/mol. The summed E-state index contributed by atoms with van der Waals surface area (Å²) >= 11 is 0. The van der Waals surface area contributed by atoms with Gasteiger partial charge in [0.25, 0.3) is 0 Å². The molecule has 0 saturated carbocycles. The second kappa shape index (κ2) is 36.0. The molecule has 0 radical (unpaired) electrons. The van der Waals surface area contributed by atoms with Gasteiger partial charge < -0.3 is 39.3 Å². The maximum absolute atomic E-state index is 13.3. The molecule has 336 valence electrons. The average Bonchev–Trinajstić information content (AvgIpc) is 3.11. The first kappa shape index (κ1) is 62.9. The van der Waals surface area contributed by atoms with E-state index >= 15 is 0 Å². The van der Waals surface area contributed by atoms with Crippen molar-refractivity contribution in [3.63, 3.8) is 0 Å². The molecular weight excluding hydrogens is 833 g/mol. The first-order chi connectivity index (χ1) is 26.8. The molecule has 0 aliphatic carbocycles. The van der Waals surface area contributed by atoms with E-state index in [1.54, 1.807) is 4.90 Å². The van der Waals surface area contributed by atoms with Crippen molar-refractivity contribution >= 4 is 44.0 Å². The number of carboxylic acids is 2. The Morgan fingerprint density at radius 1 is 0.475 bits per heavy atom. The molecule has 4 atom stereocenters. The minimum atomic E-state index is -5.35. The molecule has 0 aromatic carbocycles. The Hall–Kier alpha value is -0.420. The van der Waals surface area contributed by atoms with Gasteiger partial charge in [-0.1, -0.05) is 117 Å². The Bertz CT molecular complexity index is 1280. The van der Waals surface area contributed by atoms with Gasteiger partial charge in [0, 0.05) is 39.3 Å². The van der Waals surface area contributed by atoms with Gasteiger partial charge in [-0.25, -0.2) is 16.8 Å². The van der Waals surface area contributed by atoms with E-state index < -0.39 is 79.5 Å². The molecule has 0 aromatic rings. The van der Waals surface area contributed by atoms with E-state index in [1.807, 2.05) is 0 Å². The summed E-state index contributed by atoms with van der Waals surface area (Å²) in [6, 6.07) is 0. The molecule has 0 heterocycles. The Balaban J connectivity index is -0.0000157. The number of aliphatic hydroxyl groups excluding tert-OH is 2. The molecule has 0 fully saturated rings. The third-order valence-corrected chi connectivity index (χ3v) is 12.0. The molecular formula is C38H71N3Na2O14S2. The molecule has 0 aliphatic rings. The van der Waals surface area contributed by atoms with Gasteiger partial charge in [0.2, 0.25) is 11.8 Å². The molecule has 0 saturated heterocycles. The largest absolute Gasteiger partial charge is 1.00 e. The van der Waals surface area contributed by atoms with Crippen LogP contribution < -0.4 is 59.1 Å². The summed E-state index contributed by atoms with van der Waals surface area (Å²) < 4.78 is 69.7. The van der Waals surface area contributed by atoms with Gasteiger partial charge in [-0.05, 0) is 25.8 Å². The van der Waals surface area contributed by atoms with Gasteiger partial charge >= 0.3 is 71.1 Å². The van der Waals surface area contributed by atoms with Crippen molar-refractivity contribution in [1.82, 2.24) is 14.7 Å². The third-order valence-electron chi connectivity index (χ3n) is 9.86. The van der Waals surface area contributed by atoms with E-state index in [9.17, 15) is 65.5 Å². The first-order valence-corrected chi connectivity index (χ1v) is 23.7. The summed E-state index contributed by atoms with van der Waals surface area (Å²) in [6.45, 7) is 5.97. The summed E-state index contributed by atoms with van der Waals surface area (Å²) in [6.07, 6.45) is 11.1. The van der Waals surface area contributed by atoms with Crippen molar-refractivity contribution in [2.75, 3.05) is 45.8 Å². The minimum absolute atomic E-state index is 0. The summed E-state index contributed by atoms with van der Waals surface area (Å²) in [7, 11) is -10.7. The molecule has 0 aromatic heterocycles. The van der Waals surface area contributed by atoms with Crippen LogP contribution in [-0.4, -0.2) is 153 Å². The number of aliphatic hydroxyl groups is 2. The molecule has 17 nitrogen and oxygen atoms in total. The van der Waals surface area contributed by atoms with E-state index in [0.717, 1.165) is 106 Å².